The highest BCUT2D eigenvalue weighted by atomic mass is 19.1. The Morgan fingerprint density at radius 3 is 3.00 bits per heavy atom. The van der Waals surface area contributed by atoms with Crippen molar-refractivity contribution in [1.29, 1.82) is 0 Å². The fourth-order valence-electron chi connectivity index (χ4n) is 2.12. The molecule has 1 atom stereocenters. The molecule has 1 aromatic carbocycles. The van der Waals surface area contributed by atoms with Crippen LogP contribution in [-0.4, -0.2) is 30.1 Å². The van der Waals surface area contributed by atoms with Crippen LogP contribution in [0.15, 0.2) is 18.2 Å². The van der Waals surface area contributed by atoms with Gasteiger partial charge in [0.05, 0.1) is 5.56 Å². The first-order chi connectivity index (χ1) is 8.66. The first kappa shape index (κ1) is 12.8. The van der Waals surface area contributed by atoms with E-state index in [1.54, 1.807) is 0 Å². The second-order valence-corrected chi connectivity index (χ2v) is 4.51. The number of halogens is 1. The summed E-state index contributed by atoms with van der Waals surface area (Å²) in [6.07, 6.45) is 2.80. The van der Waals surface area contributed by atoms with Crippen molar-refractivity contribution >= 4 is 5.91 Å². The summed E-state index contributed by atoms with van der Waals surface area (Å²) in [4.78, 5) is 11.9. The molecule has 1 saturated heterocycles. The van der Waals surface area contributed by atoms with Gasteiger partial charge in [0.25, 0.3) is 5.91 Å². The number of carbonyl (C=O) groups is 1. The van der Waals surface area contributed by atoms with Crippen LogP contribution < -0.4 is 10.6 Å². The van der Waals surface area contributed by atoms with Gasteiger partial charge in [0.1, 0.15) is 11.6 Å². The van der Waals surface area contributed by atoms with E-state index in [1.807, 2.05) is 0 Å². The lowest BCUT2D eigenvalue weighted by molar-refractivity contribution is 0.0931. The summed E-state index contributed by atoms with van der Waals surface area (Å²) in [6, 6.07) is 3.53. The van der Waals surface area contributed by atoms with Gasteiger partial charge >= 0.3 is 0 Å². The number of hydrogen-bond donors (Lipinski definition) is 3. The van der Waals surface area contributed by atoms with Gasteiger partial charge in [-0.05, 0) is 44.5 Å². The van der Waals surface area contributed by atoms with Crippen molar-refractivity contribution in [3.8, 4) is 5.75 Å². The molecule has 98 valence electrons. The largest absolute Gasteiger partial charge is 0.507 e. The zero-order valence-electron chi connectivity index (χ0n) is 10.1. The van der Waals surface area contributed by atoms with Gasteiger partial charge < -0.3 is 15.7 Å². The Morgan fingerprint density at radius 1 is 1.39 bits per heavy atom. The summed E-state index contributed by atoms with van der Waals surface area (Å²) < 4.78 is 12.8. The van der Waals surface area contributed by atoms with Crippen LogP contribution in [-0.2, 0) is 0 Å². The van der Waals surface area contributed by atoms with Crippen LogP contribution in [0.25, 0.3) is 0 Å². The van der Waals surface area contributed by atoms with E-state index < -0.39 is 5.82 Å². The average molecular weight is 252 g/mol. The lowest BCUT2D eigenvalue weighted by Gasteiger charge is -2.16. The van der Waals surface area contributed by atoms with Gasteiger partial charge in [0.2, 0.25) is 0 Å². The topological polar surface area (TPSA) is 61.4 Å². The lowest BCUT2D eigenvalue weighted by atomic mass is 10.1. The first-order valence-corrected chi connectivity index (χ1v) is 6.17. The molecule has 0 spiro atoms. The quantitative estimate of drug-likeness (QED) is 0.745. The number of benzene rings is 1. The Hall–Kier alpha value is -1.62. The third-order valence-corrected chi connectivity index (χ3v) is 3.12. The summed E-state index contributed by atoms with van der Waals surface area (Å²) in [5, 5.41) is 15.7. The van der Waals surface area contributed by atoms with Gasteiger partial charge in [-0.25, -0.2) is 4.39 Å². The van der Waals surface area contributed by atoms with E-state index in [4.69, 9.17) is 0 Å². The fourth-order valence-corrected chi connectivity index (χ4v) is 2.12. The van der Waals surface area contributed by atoms with E-state index in [9.17, 15) is 14.3 Å². The third kappa shape index (κ3) is 3.20. The predicted molar refractivity (Wildman–Crippen MR) is 66.0 cm³/mol. The Balaban J connectivity index is 2.02. The van der Waals surface area contributed by atoms with Gasteiger partial charge in [-0.15, -0.1) is 0 Å². The van der Waals surface area contributed by atoms with E-state index in [2.05, 4.69) is 10.6 Å². The van der Waals surface area contributed by atoms with Crippen LogP contribution >= 0.6 is 0 Å². The number of nitrogens with one attached hydrogen (secondary N) is 2. The smallest absolute Gasteiger partial charge is 0.255 e. The zero-order chi connectivity index (χ0) is 13.0. The number of hydrogen-bond acceptors (Lipinski definition) is 3. The predicted octanol–water partition coefficient (Wildman–Crippen LogP) is 1.40. The monoisotopic (exact) mass is 252 g/mol. The SMILES string of the molecule is O=C(NC1CCCNCC1)c1ccc(F)cc1O. The normalized spacial score (nSPS) is 20.2. The summed E-state index contributed by atoms with van der Waals surface area (Å²) in [5.41, 5.74) is 0.119. The molecule has 1 heterocycles. The molecule has 1 aromatic rings. The minimum atomic E-state index is -0.553. The van der Waals surface area contributed by atoms with Crippen molar-refractivity contribution in [1.82, 2.24) is 10.6 Å². The molecule has 1 fully saturated rings. The van der Waals surface area contributed by atoms with E-state index in [1.165, 1.54) is 12.1 Å². The number of phenolic OH excluding ortho intramolecular Hbond substituents is 1. The molecule has 5 heteroatoms. The molecule has 1 unspecified atom stereocenters. The summed E-state index contributed by atoms with van der Waals surface area (Å²) >= 11 is 0. The van der Waals surface area contributed by atoms with Gasteiger partial charge in [0, 0.05) is 12.1 Å². The molecular weight excluding hydrogens is 235 g/mol. The minimum absolute atomic E-state index is 0.108. The lowest BCUT2D eigenvalue weighted by Crippen LogP contribution is -2.35. The summed E-state index contributed by atoms with van der Waals surface area (Å²) in [6.45, 7) is 1.84. The summed E-state index contributed by atoms with van der Waals surface area (Å²) in [5.74, 6) is -1.22. The molecule has 3 N–H and O–H groups in total. The van der Waals surface area contributed by atoms with Crippen LogP contribution in [0.4, 0.5) is 4.39 Å². The minimum Gasteiger partial charge on any atom is -0.507 e. The molecule has 0 aromatic heterocycles. The molecule has 4 nitrogen and oxygen atoms in total. The maximum absolute atomic E-state index is 12.8. The standard InChI is InChI=1S/C13H17FN2O2/c14-9-3-4-11(12(17)8-9)13(18)16-10-2-1-6-15-7-5-10/h3-4,8,10,15,17H,1-2,5-7H2,(H,16,18). The zero-order valence-corrected chi connectivity index (χ0v) is 10.1. The Labute approximate surface area is 105 Å². The highest BCUT2D eigenvalue weighted by molar-refractivity contribution is 5.96. The number of amides is 1. The van der Waals surface area contributed by atoms with Gasteiger partial charge in [-0.2, -0.15) is 0 Å². The molecule has 0 radical (unpaired) electrons. The van der Waals surface area contributed by atoms with Gasteiger partial charge in [0.15, 0.2) is 0 Å². The van der Waals surface area contributed by atoms with Crippen LogP contribution in [0.3, 0.4) is 0 Å². The third-order valence-electron chi connectivity index (χ3n) is 3.12. The molecule has 1 aliphatic rings. The van der Waals surface area contributed by atoms with Crippen molar-refractivity contribution in [3.63, 3.8) is 0 Å². The molecule has 0 bridgehead atoms. The van der Waals surface area contributed by atoms with Crippen LogP contribution in [0.1, 0.15) is 29.6 Å². The maximum atomic E-state index is 12.8. The van der Waals surface area contributed by atoms with Crippen molar-refractivity contribution in [2.45, 2.75) is 25.3 Å². The molecule has 0 saturated carbocycles. The van der Waals surface area contributed by atoms with E-state index in [-0.39, 0.29) is 23.3 Å². The van der Waals surface area contributed by atoms with E-state index in [0.717, 1.165) is 38.4 Å². The van der Waals surface area contributed by atoms with Crippen LogP contribution in [0, 0.1) is 5.82 Å². The van der Waals surface area contributed by atoms with Gasteiger partial charge in [-0.1, -0.05) is 0 Å². The first-order valence-electron chi connectivity index (χ1n) is 6.17. The van der Waals surface area contributed by atoms with Crippen LogP contribution in [0.5, 0.6) is 5.75 Å². The molecular formula is C13H17FN2O2. The Morgan fingerprint density at radius 2 is 2.22 bits per heavy atom. The number of carbonyl (C=O) groups excluding carboxylic acids is 1. The number of aromatic hydroxyl groups is 1. The van der Waals surface area contributed by atoms with Crippen molar-refractivity contribution in [2.75, 3.05) is 13.1 Å². The Bertz CT molecular complexity index is 429. The number of rotatable bonds is 2. The molecule has 1 amide bonds. The van der Waals surface area contributed by atoms with Gasteiger partial charge in [-0.3, -0.25) is 4.79 Å². The molecule has 1 aliphatic heterocycles. The average Bonchev–Trinajstić information content (AvgIpc) is 2.57. The highest BCUT2D eigenvalue weighted by Gasteiger charge is 2.17. The Kier molecular flexibility index (Phi) is 4.15. The van der Waals surface area contributed by atoms with Crippen LogP contribution in [0.2, 0.25) is 0 Å². The van der Waals surface area contributed by atoms with Crippen molar-refractivity contribution in [2.24, 2.45) is 0 Å². The second-order valence-electron chi connectivity index (χ2n) is 4.51. The van der Waals surface area contributed by atoms with E-state index in [0.29, 0.717) is 0 Å². The van der Waals surface area contributed by atoms with Crippen molar-refractivity contribution in [3.05, 3.63) is 29.6 Å². The second kappa shape index (κ2) is 5.82. The van der Waals surface area contributed by atoms with E-state index >= 15 is 0 Å². The maximum Gasteiger partial charge on any atom is 0.255 e. The molecule has 2 rings (SSSR count). The molecule has 0 aliphatic carbocycles. The number of phenols is 1. The highest BCUT2D eigenvalue weighted by Crippen LogP contribution is 2.18. The van der Waals surface area contributed by atoms with Crippen molar-refractivity contribution < 1.29 is 14.3 Å². The molecule has 18 heavy (non-hydrogen) atoms. The fraction of sp³-hybridized carbons (Fsp3) is 0.462. The summed E-state index contributed by atoms with van der Waals surface area (Å²) in [7, 11) is 0.